The van der Waals surface area contributed by atoms with Crippen molar-refractivity contribution in [3.63, 3.8) is 0 Å². The van der Waals surface area contributed by atoms with Crippen LogP contribution >= 0.6 is 0 Å². The molecule has 15 heavy (non-hydrogen) atoms. The summed E-state index contributed by atoms with van der Waals surface area (Å²) in [6.45, 7) is 2.28. The predicted molar refractivity (Wildman–Crippen MR) is 59.1 cm³/mol. The van der Waals surface area contributed by atoms with Crippen LogP contribution in [0.1, 0.15) is 18.1 Å². The van der Waals surface area contributed by atoms with E-state index in [1.807, 2.05) is 18.2 Å². The summed E-state index contributed by atoms with van der Waals surface area (Å²) in [4.78, 5) is 0. The maximum absolute atomic E-state index is 9.38. The monoisotopic (exact) mass is 210 g/mol. The normalized spacial score (nSPS) is 12.5. The quantitative estimate of drug-likeness (QED) is 0.805. The second-order valence-electron chi connectivity index (χ2n) is 3.58. The molecule has 1 atom stereocenters. The standard InChI is InChI=1S/C12H18O3/c1-9(13)7-10-5-4-6-12(15-3)11(10)8-14-2/h4-6,9,13H,7-8H2,1-3H3. The minimum atomic E-state index is -0.354. The fourth-order valence-corrected chi connectivity index (χ4v) is 1.62. The third-order valence-electron chi connectivity index (χ3n) is 2.25. The second-order valence-corrected chi connectivity index (χ2v) is 3.58. The SMILES string of the molecule is COCc1c(CC(C)O)cccc1OC. The predicted octanol–water partition coefficient (Wildman–Crippen LogP) is 1.76. The van der Waals surface area contributed by atoms with E-state index >= 15 is 0 Å². The summed E-state index contributed by atoms with van der Waals surface area (Å²) in [5.41, 5.74) is 2.09. The van der Waals surface area contributed by atoms with Crippen molar-refractivity contribution in [2.24, 2.45) is 0 Å². The van der Waals surface area contributed by atoms with Gasteiger partial charge in [0.2, 0.25) is 0 Å². The van der Waals surface area contributed by atoms with Crippen LogP contribution in [0.5, 0.6) is 5.75 Å². The van der Waals surface area contributed by atoms with Gasteiger partial charge in [-0.05, 0) is 25.0 Å². The van der Waals surface area contributed by atoms with Gasteiger partial charge in [-0.1, -0.05) is 12.1 Å². The summed E-state index contributed by atoms with van der Waals surface area (Å²) >= 11 is 0. The van der Waals surface area contributed by atoms with E-state index < -0.39 is 0 Å². The lowest BCUT2D eigenvalue weighted by Gasteiger charge is -2.14. The fourth-order valence-electron chi connectivity index (χ4n) is 1.62. The van der Waals surface area contributed by atoms with Crippen molar-refractivity contribution >= 4 is 0 Å². The molecular weight excluding hydrogens is 192 g/mol. The van der Waals surface area contributed by atoms with Crippen LogP contribution in [-0.2, 0) is 17.8 Å². The molecule has 0 aliphatic heterocycles. The van der Waals surface area contributed by atoms with Crippen LogP contribution < -0.4 is 4.74 Å². The topological polar surface area (TPSA) is 38.7 Å². The number of aliphatic hydroxyl groups is 1. The van der Waals surface area contributed by atoms with E-state index in [4.69, 9.17) is 9.47 Å². The molecule has 1 unspecified atom stereocenters. The van der Waals surface area contributed by atoms with Gasteiger partial charge in [0.05, 0.1) is 19.8 Å². The lowest BCUT2D eigenvalue weighted by molar-refractivity contribution is 0.175. The first-order valence-corrected chi connectivity index (χ1v) is 5.00. The molecule has 0 amide bonds. The highest BCUT2D eigenvalue weighted by Crippen LogP contribution is 2.24. The van der Waals surface area contributed by atoms with Crippen LogP contribution in [0, 0.1) is 0 Å². The highest BCUT2D eigenvalue weighted by Gasteiger charge is 2.10. The Morgan fingerprint density at radius 2 is 2.07 bits per heavy atom. The summed E-state index contributed by atoms with van der Waals surface area (Å²) in [5.74, 6) is 0.815. The molecule has 0 heterocycles. The summed E-state index contributed by atoms with van der Waals surface area (Å²) in [5, 5.41) is 9.38. The van der Waals surface area contributed by atoms with Gasteiger partial charge in [0.25, 0.3) is 0 Å². The molecule has 1 N–H and O–H groups in total. The Labute approximate surface area is 90.6 Å². The van der Waals surface area contributed by atoms with Crippen molar-refractivity contribution in [3.8, 4) is 5.75 Å². The van der Waals surface area contributed by atoms with Crippen molar-refractivity contribution in [3.05, 3.63) is 29.3 Å². The Morgan fingerprint density at radius 1 is 1.33 bits per heavy atom. The van der Waals surface area contributed by atoms with E-state index in [2.05, 4.69) is 0 Å². The number of hydrogen-bond acceptors (Lipinski definition) is 3. The molecule has 0 radical (unpaired) electrons. The van der Waals surface area contributed by atoms with Crippen LogP contribution in [0.2, 0.25) is 0 Å². The Morgan fingerprint density at radius 3 is 2.60 bits per heavy atom. The minimum absolute atomic E-state index is 0.354. The van der Waals surface area contributed by atoms with E-state index in [9.17, 15) is 5.11 Å². The van der Waals surface area contributed by atoms with Crippen LogP contribution in [0.3, 0.4) is 0 Å². The van der Waals surface area contributed by atoms with Crippen LogP contribution in [0.25, 0.3) is 0 Å². The molecule has 1 rings (SSSR count). The first-order chi connectivity index (χ1) is 7.19. The van der Waals surface area contributed by atoms with E-state index in [0.29, 0.717) is 13.0 Å². The molecule has 1 aromatic rings. The molecule has 0 aromatic heterocycles. The molecule has 1 aromatic carbocycles. The molecule has 0 bridgehead atoms. The number of benzene rings is 1. The Bertz CT molecular complexity index is 308. The Kier molecular flexibility index (Phi) is 4.59. The third kappa shape index (κ3) is 3.22. The van der Waals surface area contributed by atoms with E-state index in [-0.39, 0.29) is 6.10 Å². The highest BCUT2D eigenvalue weighted by molar-refractivity contribution is 5.40. The Balaban J connectivity index is 3.01. The zero-order valence-electron chi connectivity index (χ0n) is 9.49. The van der Waals surface area contributed by atoms with Gasteiger partial charge in [-0.25, -0.2) is 0 Å². The van der Waals surface area contributed by atoms with E-state index in [0.717, 1.165) is 16.9 Å². The average molecular weight is 210 g/mol. The Hall–Kier alpha value is -1.06. The number of aliphatic hydroxyl groups excluding tert-OH is 1. The van der Waals surface area contributed by atoms with E-state index in [1.165, 1.54) is 0 Å². The van der Waals surface area contributed by atoms with Crippen LogP contribution in [0.4, 0.5) is 0 Å². The maximum Gasteiger partial charge on any atom is 0.124 e. The number of hydrogen-bond donors (Lipinski definition) is 1. The molecule has 0 saturated carbocycles. The molecule has 84 valence electrons. The van der Waals surface area contributed by atoms with Crippen LogP contribution in [-0.4, -0.2) is 25.4 Å². The van der Waals surface area contributed by atoms with Gasteiger partial charge < -0.3 is 14.6 Å². The van der Waals surface area contributed by atoms with Gasteiger partial charge in [-0.3, -0.25) is 0 Å². The molecule has 0 spiro atoms. The lowest BCUT2D eigenvalue weighted by atomic mass is 10.0. The van der Waals surface area contributed by atoms with Crippen molar-refractivity contribution in [2.75, 3.05) is 14.2 Å². The molecule has 0 aliphatic carbocycles. The summed E-state index contributed by atoms with van der Waals surface area (Å²) < 4.78 is 10.4. The molecule has 0 saturated heterocycles. The zero-order chi connectivity index (χ0) is 11.3. The molecule has 0 fully saturated rings. The smallest absolute Gasteiger partial charge is 0.124 e. The largest absolute Gasteiger partial charge is 0.496 e. The lowest BCUT2D eigenvalue weighted by Crippen LogP contribution is -2.08. The first kappa shape index (κ1) is 12.0. The van der Waals surface area contributed by atoms with Gasteiger partial charge in [0.1, 0.15) is 5.75 Å². The number of ether oxygens (including phenoxy) is 2. The summed E-state index contributed by atoms with van der Waals surface area (Å²) in [7, 11) is 3.29. The zero-order valence-corrected chi connectivity index (χ0v) is 9.49. The molecule has 3 heteroatoms. The van der Waals surface area contributed by atoms with Gasteiger partial charge in [0.15, 0.2) is 0 Å². The first-order valence-electron chi connectivity index (χ1n) is 5.00. The van der Waals surface area contributed by atoms with E-state index in [1.54, 1.807) is 21.1 Å². The third-order valence-corrected chi connectivity index (χ3v) is 2.25. The van der Waals surface area contributed by atoms with Crippen molar-refractivity contribution in [1.82, 2.24) is 0 Å². The van der Waals surface area contributed by atoms with Crippen molar-refractivity contribution in [1.29, 1.82) is 0 Å². The number of methoxy groups -OCH3 is 2. The highest BCUT2D eigenvalue weighted by atomic mass is 16.5. The van der Waals surface area contributed by atoms with Crippen molar-refractivity contribution < 1.29 is 14.6 Å². The maximum atomic E-state index is 9.38. The van der Waals surface area contributed by atoms with Gasteiger partial charge in [0, 0.05) is 12.7 Å². The van der Waals surface area contributed by atoms with Crippen molar-refractivity contribution in [2.45, 2.75) is 26.1 Å². The van der Waals surface area contributed by atoms with Gasteiger partial charge >= 0.3 is 0 Å². The second kappa shape index (κ2) is 5.73. The fraction of sp³-hybridized carbons (Fsp3) is 0.500. The molecular formula is C12H18O3. The van der Waals surface area contributed by atoms with Crippen LogP contribution in [0.15, 0.2) is 18.2 Å². The average Bonchev–Trinajstić information content (AvgIpc) is 2.20. The number of rotatable bonds is 5. The summed E-state index contributed by atoms with van der Waals surface area (Å²) in [6, 6.07) is 5.82. The molecule has 3 nitrogen and oxygen atoms in total. The summed E-state index contributed by atoms with van der Waals surface area (Å²) in [6.07, 6.45) is 0.267. The molecule has 0 aliphatic rings. The minimum Gasteiger partial charge on any atom is -0.496 e. The van der Waals surface area contributed by atoms with Gasteiger partial charge in [-0.2, -0.15) is 0 Å². The van der Waals surface area contributed by atoms with Gasteiger partial charge in [-0.15, -0.1) is 0 Å².